The molecule has 0 aliphatic carbocycles. The second kappa shape index (κ2) is 8.12. The lowest BCUT2D eigenvalue weighted by Gasteiger charge is -2.13. The molecule has 2 aromatic heterocycles. The highest BCUT2D eigenvalue weighted by Gasteiger charge is 2.18. The van der Waals surface area contributed by atoms with Gasteiger partial charge in [-0.25, -0.2) is 4.79 Å². The minimum absolute atomic E-state index is 0.0128. The van der Waals surface area contributed by atoms with E-state index in [1.807, 2.05) is 31.3 Å². The Balaban J connectivity index is 1.97. The third-order valence-electron chi connectivity index (χ3n) is 4.82. The van der Waals surface area contributed by atoms with Gasteiger partial charge in [-0.05, 0) is 31.4 Å². The second-order valence-electron chi connectivity index (χ2n) is 6.70. The number of hydrogen-bond acceptors (Lipinski definition) is 4. The number of nitrogens with one attached hydrogen (secondary N) is 2. The molecule has 7 nitrogen and oxygen atoms in total. The van der Waals surface area contributed by atoms with Crippen molar-refractivity contribution in [2.45, 2.75) is 39.3 Å². The van der Waals surface area contributed by atoms with Crippen LogP contribution in [0.25, 0.3) is 10.9 Å². The summed E-state index contributed by atoms with van der Waals surface area (Å²) in [7, 11) is 0. The summed E-state index contributed by atoms with van der Waals surface area (Å²) < 4.78 is 1.06. The summed E-state index contributed by atoms with van der Waals surface area (Å²) >= 11 is 0. The second-order valence-corrected chi connectivity index (χ2v) is 6.70. The third-order valence-corrected chi connectivity index (χ3v) is 4.82. The van der Waals surface area contributed by atoms with Crippen molar-refractivity contribution in [3.05, 3.63) is 75.1 Å². The first kappa shape index (κ1) is 19.4. The number of nitrogens with zero attached hydrogens (tertiary/aromatic N) is 2. The van der Waals surface area contributed by atoms with E-state index >= 15 is 0 Å². The Morgan fingerprint density at radius 3 is 2.82 bits per heavy atom. The fraction of sp³-hybridized carbons (Fsp3) is 0.286. The topological polar surface area (TPSA) is 103 Å². The monoisotopic (exact) mass is 380 g/mol. The summed E-state index contributed by atoms with van der Waals surface area (Å²) in [4.78, 5) is 34.3. The van der Waals surface area contributed by atoms with Crippen LogP contribution in [0.4, 0.5) is 0 Å². The van der Waals surface area contributed by atoms with E-state index in [4.69, 9.17) is 0 Å². The molecule has 3 N–H and O–H groups in total. The van der Waals surface area contributed by atoms with Crippen LogP contribution < -0.4 is 11.2 Å². The molecule has 3 aromatic rings. The quantitative estimate of drug-likeness (QED) is 0.434. The fourth-order valence-corrected chi connectivity index (χ4v) is 3.36. The number of para-hydroxylation sites is 1. The van der Waals surface area contributed by atoms with Crippen LogP contribution in [0.2, 0.25) is 0 Å². The minimum atomic E-state index is -0.676. The van der Waals surface area contributed by atoms with Crippen LogP contribution in [0.3, 0.4) is 0 Å². The van der Waals surface area contributed by atoms with Crippen molar-refractivity contribution in [1.82, 2.24) is 14.5 Å². The summed E-state index contributed by atoms with van der Waals surface area (Å²) in [5.41, 5.74) is 1.30. The van der Waals surface area contributed by atoms with Crippen LogP contribution >= 0.6 is 0 Å². The number of rotatable bonds is 7. The lowest BCUT2D eigenvalue weighted by atomic mass is 10.0. The number of aromatic hydroxyl groups is 1. The van der Waals surface area contributed by atoms with Gasteiger partial charge in [0.1, 0.15) is 5.56 Å². The molecule has 0 unspecified atom stereocenters. The summed E-state index contributed by atoms with van der Waals surface area (Å²) in [6, 6.07) is 7.99. The Kier molecular flexibility index (Phi) is 5.63. The van der Waals surface area contributed by atoms with Crippen molar-refractivity contribution in [2.24, 2.45) is 4.99 Å². The molecule has 28 heavy (non-hydrogen) atoms. The lowest BCUT2D eigenvalue weighted by molar-refractivity contribution is 0.409. The van der Waals surface area contributed by atoms with Gasteiger partial charge in [0.05, 0.1) is 11.8 Å². The van der Waals surface area contributed by atoms with Crippen LogP contribution in [0, 0.1) is 0 Å². The molecule has 0 saturated carbocycles. The maximum Gasteiger partial charge on any atom is 0.331 e. The first-order valence-corrected chi connectivity index (χ1v) is 9.23. The molecule has 0 aliphatic rings. The van der Waals surface area contributed by atoms with Gasteiger partial charge in [0.25, 0.3) is 5.56 Å². The molecule has 2 heterocycles. The van der Waals surface area contributed by atoms with Crippen molar-refractivity contribution in [1.29, 1.82) is 0 Å². The van der Waals surface area contributed by atoms with E-state index < -0.39 is 17.1 Å². The summed E-state index contributed by atoms with van der Waals surface area (Å²) in [6.45, 7) is 7.36. The van der Waals surface area contributed by atoms with Crippen molar-refractivity contribution < 1.29 is 5.11 Å². The molecule has 0 saturated heterocycles. The standard InChI is InChI=1S/C21H24N4O3/c1-4-10-25-20(27)18(19(26)24-21(25)28)13(3)23-15(5-2)11-14-12-22-17-9-7-6-8-16(14)17/h4,6-9,12,15,22,27H,1,5,10-11H2,2-3H3,(H,24,26,28)/t15-/m0/s1. The highest BCUT2D eigenvalue weighted by Crippen LogP contribution is 2.21. The molecule has 0 amide bonds. The Labute approximate surface area is 162 Å². The number of hydrogen-bond donors (Lipinski definition) is 3. The number of aromatic nitrogens is 3. The van der Waals surface area contributed by atoms with Crippen LogP contribution in [0.15, 0.2) is 57.7 Å². The normalized spacial score (nSPS) is 13.0. The number of allylic oxidation sites excluding steroid dienone is 1. The van der Waals surface area contributed by atoms with E-state index in [1.165, 1.54) is 6.08 Å². The molecular formula is C21H24N4O3. The largest absolute Gasteiger partial charge is 0.494 e. The average molecular weight is 380 g/mol. The number of H-pyrrole nitrogens is 2. The number of aliphatic imine (C=N–C) groups is 1. The first-order chi connectivity index (χ1) is 13.5. The van der Waals surface area contributed by atoms with Gasteiger partial charge in [-0.3, -0.25) is 19.3 Å². The number of benzene rings is 1. The van der Waals surface area contributed by atoms with Crippen LogP contribution in [0.1, 0.15) is 31.4 Å². The van der Waals surface area contributed by atoms with E-state index in [9.17, 15) is 14.7 Å². The maximum absolute atomic E-state index is 12.3. The van der Waals surface area contributed by atoms with Gasteiger partial charge in [0.2, 0.25) is 5.88 Å². The molecule has 146 valence electrons. The Bertz CT molecular complexity index is 1150. The molecule has 0 aliphatic heterocycles. The fourth-order valence-electron chi connectivity index (χ4n) is 3.36. The molecule has 0 spiro atoms. The number of fused-ring (bicyclic) bond motifs is 1. The third kappa shape index (κ3) is 3.69. The summed E-state index contributed by atoms with van der Waals surface area (Å²) in [5.74, 6) is -0.392. The van der Waals surface area contributed by atoms with Crippen molar-refractivity contribution >= 4 is 16.6 Å². The molecular weight excluding hydrogens is 356 g/mol. The smallest absolute Gasteiger partial charge is 0.331 e. The Morgan fingerprint density at radius 1 is 1.36 bits per heavy atom. The Morgan fingerprint density at radius 2 is 2.11 bits per heavy atom. The average Bonchev–Trinajstić information content (AvgIpc) is 3.07. The van der Waals surface area contributed by atoms with Gasteiger partial charge in [0, 0.05) is 23.6 Å². The van der Waals surface area contributed by atoms with Crippen molar-refractivity contribution in [2.75, 3.05) is 0 Å². The SMILES string of the molecule is C=CCn1c(O)c(C(C)=N[C@@H](CC)Cc2c[nH]c3ccccc23)c(=O)[nH]c1=O. The van der Waals surface area contributed by atoms with Gasteiger partial charge in [-0.2, -0.15) is 0 Å². The summed E-state index contributed by atoms with van der Waals surface area (Å²) in [6.07, 6.45) is 4.92. The van der Waals surface area contributed by atoms with E-state index in [0.717, 1.165) is 27.5 Å². The van der Waals surface area contributed by atoms with Gasteiger partial charge in [-0.1, -0.05) is 31.2 Å². The molecule has 3 rings (SSSR count). The van der Waals surface area contributed by atoms with Crippen molar-refractivity contribution in [3.8, 4) is 5.88 Å². The Hall–Kier alpha value is -3.35. The molecule has 1 atom stereocenters. The molecule has 0 fully saturated rings. The van der Waals surface area contributed by atoms with E-state index in [2.05, 4.69) is 27.6 Å². The van der Waals surface area contributed by atoms with E-state index in [1.54, 1.807) is 6.92 Å². The molecule has 0 radical (unpaired) electrons. The van der Waals surface area contributed by atoms with Crippen LogP contribution in [0.5, 0.6) is 5.88 Å². The van der Waals surface area contributed by atoms with E-state index in [0.29, 0.717) is 12.1 Å². The van der Waals surface area contributed by atoms with Gasteiger partial charge in [-0.15, -0.1) is 6.58 Å². The van der Waals surface area contributed by atoms with Gasteiger partial charge in [0.15, 0.2) is 0 Å². The van der Waals surface area contributed by atoms with Crippen LogP contribution in [-0.4, -0.2) is 31.4 Å². The van der Waals surface area contributed by atoms with Crippen molar-refractivity contribution in [3.63, 3.8) is 0 Å². The lowest BCUT2D eigenvalue weighted by Crippen LogP contribution is -2.33. The highest BCUT2D eigenvalue weighted by molar-refractivity contribution is 6.00. The van der Waals surface area contributed by atoms with Gasteiger partial charge >= 0.3 is 5.69 Å². The minimum Gasteiger partial charge on any atom is -0.494 e. The van der Waals surface area contributed by atoms with E-state index in [-0.39, 0.29) is 18.2 Å². The van der Waals surface area contributed by atoms with Gasteiger partial charge < -0.3 is 10.1 Å². The predicted molar refractivity (Wildman–Crippen MR) is 111 cm³/mol. The molecule has 1 aromatic carbocycles. The maximum atomic E-state index is 12.3. The zero-order valence-corrected chi connectivity index (χ0v) is 16.0. The predicted octanol–water partition coefficient (Wildman–Crippen LogP) is 2.74. The van der Waals surface area contributed by atoms with Crippen LogP contribution in [-0.2, 0) is 13.0 Å². The zero-order valence-electron chi connectivity index (χ0n) is 16.0. The number of aromatic amines is 2. The molecule has 0 bridgehead atoms. The first-order valence-electron chi connectivity index (χ1n) is 9.23. The summed E-state index contributed by atoms with van der Waals surface area (Å²) in [5, 5.41) is 11.6. The molecule has 7 heteroatoms. The highest BCUT2D eigenvalue weighted by atomic mass is 16.3. The zero-order chi connectivity index (χ0) is 20.3.